The molecule has 21 heteroatoms. The first-order valence-electron chi connectivity index (χ1n) is 28.1. The normalized spacial score (nSPS) is 15.2. The summed E-state index contributed by atoms with van der Waals surface area (Å²) in [5.74, 6) is 3.24. The van der Waals surface area contributed by atoms with Gasteiger partial charge in [-0.15, -0.1) is 22.7 Å². The number of ketones is 1. The number of H-pyrrole nitrogens is 1. The van der Waals surface area contributed by atoms with Crippen molar-refractivity contribution in [3.05, 3.63) is 179 Å². The zero-order chi connectivity index (χ0) is 60.0. The fourth-order valence-electron chi connectivity index (χ4n) is 9.67. The van der Waals surface area contributed by atoms with Gasteiger partial charge in [0.05, 0.1) is 57.8 Å². The molecule has 0 spiro atoms. The standard InChI is InChI=1S/C26H26N4O4.C25H21ClN4O2S.C5H10O.C4H2BrClS.C4H9.Li/c1-14-21(15(2)34-29-14)17-12-18(23(31)19-8-6-7-11-27-19)22-20(13-17)30(24(28-22)16-9-10-16)25(32)33-26(3,4)5;1-13-22(14(2)32-30-13)16-11-17(23-18(12-16)28-24(29-23)15-6-7-15)25(31,19-5-3-4-10-27-19)20-8-9-21(26)33-20;1-5-3-2-4-6-5;5-3-1-2-4(6)7-3;1-3-4-2;/h6-8,11-13,16H,9-10H2,1-5H3;3-5,8-12,15,31H,6-7H2,1-2H3,(H,28,29);5H,2-4H2,1H3;1-2H;1,3-4H2,2H3;/q;;;;-1;+1. The fourth-order valence-corrected chi connectivity index (χ4v) is 12.5. The van der Waals surface area contributed by atoms with Crippen molar-refractivity contribution in [2.24, 2.45) is 0 Å². The molecule has 2 atom stereocenters. The van der Waals surface area contributed by atoms with E-state index in [4.69, 9.17) is 51.7 Å². The number of rotatable bonds is 10. The monoisotopic (exact) mass is 1280 g/mol. The van der Waals surface area contributed by atoms with Crippen LogP contribution in [0.25, 0.3) is 44.3 Å². The molecule has 13 rings (SSSR count). The van der Waals surface area contributed by atoms with Crippen LogP contribution in [0.2, 0.25) is 8.67 Å². The van der Waals surface area contributed by atoms with E-state index in [-0.39, 0.29) is 30.6 Å². The Labute approximate surface area is 534 Å². The van der Waals surface area contributed by atoms with Crippen molar-refractivity contribution < 1.29 is 52.1 Å². The summed E-state index contributed by atoms with van der Waals surface area (Å²) in [6.45, 7) is 21.8. The van der Waals surface area contributed by atoms with Gasteiger partial charge in [0.2, 0.25) is 5.78 Å². The molecule has 3 fully saturated rings. The van der Waals surface area contributed by atoms with E-state index in [9.17, 15) is 14.7 Å². The number of imidazole rings is 2. The van der Waals surface area contributed by atoms with E-state index >= 15 is 0 Å². The molecule has 15 nitrogen and oxygen atoms in total. The molecule has 85 heavy (non-hydrogen) atoms. The Hall–Kier alpha value is -5.78. The van der Waals surface area contributed by atoms with Gasteiger partial charge in [-0.05, 0) is 194 Å². The molecule has 0 amide bonds. The van der Waals surface area contributed by atoms with E-state index in [0.29, 0.717) is 72.1 Å². The zero-order valence-corrected chi connectivity index (χ0v) is 54.2. The first kappa shape index (κ1) is 65.2. The summed E-state index contributed by atoms with van der Waals surface area (Å²) < 4.78 is 25.7. The number of unbranched alkanes of at least 4 members (excludes halogenated alkanes) is 1. The summed E-state index contributed by atoms with van der Waals surface area (Å²) in [7, 11) is 0. The number of halogens is 3. The Kier molecular flexibility index (Phi) is 21.8. The van der Waals surface area contributed by atoms with Gasteiger partial charge in [0.15, 0.2) is 5.60 Å². The number of benzene rings is 2. The van der Waals surface area contributed by atoms with Crippen molar-refractivity contribution in [3.8, 4) is 22.3 Å². The van der Waals surface area contributed by atoms with Crippen molar-refractivity contribution in [2.45, 2.75) is 143 Å². The van der Waals surface area contributed by atoms with Gasteiger partial charge in [-0.3, -0.25) is 14.8 Å². The van der Waals surface area contributed by atoms with E-state index < -0.39 is 17.3 Å². The number of carbonyl (C=O) groups excluding carboxylic acids is 2. The Morgan fingerprint density at radius 2 is 1.44 bits per heavy atom. The van der Waals surface area contributed by atoms with Crippen LogP contribution < -0.4 is 18.9 Å². The average molecular weight is 1280 g/mol. The molecule has 2 unspecified atom stereocenters. The minimum Gasteiger partial charge on any atom is -0.443 e. The van der Waals surface area contributed by atoms with Gasteiger partial charge in [0, 0.05) is 52.4 Å². The van der Waals surface area contributed by atoms with E-state index in [1.165, 1.54) is 46.5 Å². The molecule has 10 aromatic rings. The fraction of sp³-hybridized carbons (Fsp3) is 0.359. The van der Waals surface area contributed by atoms with Crippen LogP contribution >= 0.6 is 61.8 Å². The first-order chi connectivity index (χ1) is 40.2. The van der Waals surface area contributed by atoms with E-state index in [2.05, 4.69) is 68.0 Å². The number of fused-ring (bicyclic) bond motifs is 2. The average Bonchev–Trinajstić information content (AvgIpc) is 2.53. The molecule has 1 aliphatic heterocycles. The molecular weight excluding hydrogens is 1210 g/mol. The van der Waals surface area contributed by atoms with Crippen LogP contribution in [0, 0.1) is 34.6 Å². The third-order valence-corrected chi connectivity index (χ3v) is 17.2. The molecule has 440 valence electrons. The van der Waals surface area contributed by atoms with Gasteiger partial charge in [-0.2, -0.15) is 6.42 Å². The van der Waals surface area contributed by atoms with Crippen molar-refractivity contribution in [3.63, 3.8) is 0 Å². The number of hydrogen-bond acceptors (Lipinski definition) is 15. The van der Waals surface area contributed by atoms with Crippen molar-refractivity contribution in [2.75, 3.05) is 6.61 Å². The molecular formula is C64H68BrCl2LiN8O7S2. The third kappa shape index (κ3) is 15.5. The van der Waals surface area contributed by atoms with Gasteiger partial charge in [-0.1, -0.05) is 59.0 Å². The number of thiophene rings is 2. The molecule has 0 bridgehead atoms. The molecule has 2 aliphatic carbocycles. The number of nitrogens with one attached hydrogen (secondary N) is 1. The first-order valence-corrected chi connectivity index (χ1v) is 31.2. The summed E-state index contributed by atoms with van der Waals surface area (Å²) in [4.78, 5) is 49.7. The van der Waals surface area contributed by atoms with Gasteiger partial charge in [-0.25, -0.2) is 19.3 Å². The van der Waals surface area contributed by atoms with Crippen molar-refractivity contribution in [1.82, 2.24) is 39.8 Å². The van der Waals surface area contributed by atoms with Crippen LogP contribution in [0.1, 0.15) is 165 Å². The summed E-state index contributed by atoms with van der Waals surface area (Å²) in [5.41, 5.74) is 6.98. The second-order valence-electron chi connectivity index (χ2n) is 22.0. The second-order valence-corrected chi connectivity index (χ2v) is 26.8. The van der Waals surface area contributed by atoms with Gasteiger partial charge in [0.25, 0.3) is 0 Å². The van der Waals surface area contributed by atoms with Crippen LogP contribution in [0.3, 0.4) is 0 Å². The van der Waals surface area contributed by atoms with Crippen LogP contribution in [-0.4, -0.2) is 75.1 Å². The molecule has 8 aromatic heterocycles. The molecule has 2 aromatic carbocycles. The largest absolute Gasteiger partial charge is 1.00 e. The zero-order valence-electron chi connectivity index (χ0n) is 49.5. The Bertz CT molecular complexity index is 3840. The maximum atomic E-state index is 13.6. The number of aromatic amines is 1. The number of carbonyl (C=O) groups is 2. The van der Waals surface area contributed by atoms with E-state index in [1.807, 2.05) is 97.0 Å². The maximum Gasteiger partial charge on any atom is 1.00 e. The summed E-state index contributed by atoms with van der Waals surface area (Å²) >= 11 is 18.0. The van der Waals surface area contributed by atoms with Crippen molar-refractivity contribution >= 4 is 95.7 Å². The number of pyridine rings is 2. The Morgan fingerprint density at radius 1 is 0.812 bits per heavy atom. The smallest absolute Gasteiger partial charge is 0.443 e. The number of ether oxygens (including phenoxy) is 2. The molecule has 0 radical (unpaired) electrons. The van der Waals surface area contributed by atoms with Crippen LogP contribution in [-0.2, 0) is 15.1 Å². The van der Waals surface area contributed by atoms with Crippen LogP contribution in [0.15, 0.2) is 110 Å². The van der Waals surface area contributed by atoms with Crippen LogP contribution in [0.4, 0.5) is 4.79 Å². The summed E-state index contributed by atoms with van der Waals surface area (Å²) in [5, 5.41) is 20.7. The number of nitrogens with zero attached hydrogens (tertiary/aromatic N) is 7. The minimum absolute atomic E-state index is 0. The van der Waals surface area contributed by atoms with Gasteiger partial charge < -0.3 is 35.5 Å². The predicted molar refractivity (Wildman–Crippen MR) is 337 cm³/mol. The number of aliphatic hydroxyl groups is 1. The second kappa shape index (κ2) is 28.4. The molecule has 2 N–H and O–H groups in total. The van der Waals surface area contributed by atoms with E-state index in [1.54, 1.807) is 42.7 Å². The van der Waals surface area contributed by atoms with Crippen LogP contribution in [0.5, 0.6) is 0 Å². The van der Waals surface area contributed by atoms with Gasteiger partial charge >= 0.3 is 25.0 Å². The Balaban J connectivity index is 0.000000172. The molecule has 2 saturated carbocycles. The molecule has 9 heterocycles. The topological polar surface area (TPSA) is 197 Å². The quantitative estimate of drug-likeness (QED) is 0.0746. The summed E-state index contributed by atoms with van der Waals surface area (Å²) in [6, 6.07) is 25.9. The molecule has 1 saturated heterocycles. The number of aromatic nitrogens is 8. The van der Waals surface area contributed by atoms with Gasteiger partial charge in [0.1, 0.15) is 40.0 Å². The molecule has 3 aliphatic rings. The Morgan fingerprint density at radius 3 is 1.89 bits per heavy atom. The minimum atomic E-state index is -1.54. The predicted octanol–water partition coefficient (Wildman–Crippen LogP) is 14.7. The summed E-state index contributed by atoms with van der Waals surface area (Å²) in [6.07, 6.45) is 12.2. The maximum absolute atomic E-state index is 13.6. The number of aryl methyl sites for hydroxylation is 4. The van der Waals surface area contributed by atoms with E-state index in [0.717, 1.165) is 97.4 Å². The SMILES string of the molecule is CC1CCCO1.Cc1noc(C)c1-c1cc(C(=O)c2ccccn2)c2nc(C3CC3)n(C(=O)OC(C)(C)C)c2c1.Cc1noc(C)c1-c1cc(C(O)(c2ccccn2)c2ccc(Cl)s2)c2nc(C3CC3)[nH]c2c1.Clc1ccc(Br)s1.[CH2-]CCC.[Li+]. The third-order valence-electron chi connectivity index (χ3n) is 14.1. The number of hydrogen-bond donors (Lipinski definition) is 2. The van der Waals surface area contributed by atoms with Crippen molar-refractivity contribution in [1.29, 1.82) is 0 Å².